The molecule has 1 aromatic rings. The molecule has 1 heterocycles. The summed E-state index contributed by atoms with van der Waals surface area (Å²) in [6.45, 7) is 2.88. The first-order valence-corrected chi connectivity index (χ1v) is 4.20. The van der Waals surface area contributed by atoms with Gasteiger partial charge in [0.25, 0.3) is 0 Å². The Bertz CT molecular complexity index is 287. The van der Waals surface area contributed by atoms with Crippen molar-refractivity contribution in [2.75, 3.05) is 6.61 Å². The third-order valence-corrected chi connectivity index (χ3v) is 2.05. The Morgan fingerprint density at radius 2 is 2.00 bits per heavy atom. The lowest BCUT2D eigenvalue weighted by molar-refractivity contribution is 0.126. The number of ether oxygens (including phenoxy) is 1. The monoisotopic (exact) mass is 160 g/mol. The van der Waals surface area contributed by atoms with Crippen LogP contribution in [0.3, 0.4) is 0 Å². The lowest BCUT2D eigenvalue weighted by atomic mass is 10.1. The van der Waals surface area contributed by atoms with E-state index in [4.69, 9.17) is 4.74 Å². The van der Waals surface area contributed by atoms with Crippen LogP contribution in [0.15, 0.2) is 42.0 Å². The summed E-state index contributed by atoms with van der Waals surface area (Å²) in [7, 11) is 0. The summed E-state index contributed by atoms with van der Waals surface area (Å²) in [5.41, 5.74) is 2.57. The Balaban J connectivity index is 2.22. The molecule has 0 saturated heterocycles. The van der Waals surface area contributed by atoms with Crippen molar-refractivity contribution in [1.82, 2.24) is 0 Å². The fourth-order valence-corrected chi connectivity index (χ4v) is 1.41. The van der Waals surface area contributed by atoms with E-state index in [-0.39, 0.29) is 6.10 Å². The van der Waals surface area contributed by atoms with Gasteiger partial charge in [-0.05, 0) is 18.1 Å². The first kappa shape index (κ1) is 7.56. The van der Waals surface area contributed by atoms with Gasteiger partial charge in [0, 0.05) is 0 Å². The van der Waals surface area contributed by atoms with Crippen LogP contribution in [0.2, 0.25) is 0 Å². The van der Waals surface area contributed by atoms with Crippen molar-refractivity contribution in [1.29, 1.82) is 0 Å². The molecule has 0 radical (unpaired) electrons. The van der Waals surface area contributed by atoms with Crippen molar-refractivity contribution in [3.05, 3.63) is 47.5 Å². The fourth-order valence-electron chi connectivity index (χ4n) is 1.41. The lowest BCUT2D eigenvalue weighted by Crippen LogP contribution is -1.94. The zero-order chi connectivity index (χ0) is 8.39. The Morgan fingerprint density at radius 1 is 1.25 bits per heavy atom. The molecule has 12 heavy (non-hydrogen) atoms. The highest BCUT2D eigenvalue weighted by atomic mass is 16.5. The van der Waals surface area contributed by atoms with Crippen LogP contribution in [0, 0.1) is 0 Å². The van der Waals surface area contributed by atoms with E-state index in [9.17, 15) is 0 Å². The average molecular weight is 160 g/mol. The quantitative estimate of drug-likeness (QED) is 0.574. The standard InChI is InChI=1S/C11H12O/c1-9-7-11(12-8-9)10-5-3-2-4-6-10/h2-7,11H,8H2,1H3. The van der Waals surface area contributed by atoms with E-state index >= 15 is 0 Å². The van der Waals surface area contributed by atoms with E-state index in [1.165, 1.54) is 11.1 Å². The predicted molar refractivity (Wildman–Crippen MR) is 48.9 cm³/mol. The Hall–Kier alpha value is -1.08. The Labute approximate surface area is 72.7 Å². The van der Waals surface area contributed by atoms with Gasteiger partial charge >= 0.3 is 0 Å². The molecular weight excluding hydrogens is 148 g/mol. The summed E-state index contributed by atoms with van der Waals surface area (Å²) in [4.78, 5) is 0. The minimum Gasteiger partial charge on any atom is -0.365 e. The molecule has 1 aromatic carbocycles. The SMILES string of the molecule is CC1=CC(c2ccccc2)OC1. The first-order chi connectivity index (χ1) is 5.86. The second-order valence-electron chi connectivity index (χ2n) is 3.16. The molecule has 0 aliphatic carbocycles. The molecule has 0 amide bonds. The van der Waals surface area contributed by atoms with Crippen LogP contribution < -0.4 is 0 Å². The molecule has 0 bridgehead atoms. The molecule has 1 atom stereocenters. The third kappa shape index (κ3) is 1.41. The van der Waals surface area contributed by atoms with E-state index in [0.717, 1.165) is 6.61 Å². The molecule has 2 rings (SSSR count). The molecule has 62 valence electrons. The maximum absolute atomic E-state index is 5.56. The number of hydrogen-bond donors (Lipinski definition) is 0. The van der Waals surface area contributed by atoms with Crippen molar-refractivity contribution >= 4 is 0 Å². The fraction of sp³-hybridized carbons (Fsp3) is 0.273. The zero-order valence-electron chi connectivity index (χ0n) is 7.16. The van der Waals surface area contributed by atoms with Gasteiger partial charge in [-0.2, -0.15) is 0 Å². The summed E-state index contributed by atoms with van der Waals surface area (Å²) >= 11 is 0. The average Bonchev–Trinajstić information content (AvgIpc) is 2.54. The van der Waals surface area contributed by atoms with Crippen molar-refractivity contribution in [2.45, 2.75) is 13.0 Å². The van der Waals surface area contributed by atoms with Crippen LogP contribution in [-0.4, -0.2) is 6.61 Å². The molecule has 0 fully saturated rings. The number of rotatable bonds is 1. The highest BCUT2D eigenvalue weighted by Crippen LogP contribution is 2.25. The Kier molecular flexibility index (Phi) is 1.96. The van der Waals surface area contributed by atoms with Gasteiger partial charge in [-0.15, -0.1) is 0 Å². The second kappa shape index (κ2) is 3.11. The number of hydrogen-bond acceptors (Lipinski definition) is 1. The summed E-state index contributed by atoms with van der Waals surface area (Å²) in [6.07, 6.45) is 2.36. The topological polar surface area (TPSA) is 9.23 Å². The summed E-state index contributed by atoms with van der Waals surface area (Å²) in [5, 5.41) is 0. The van der Waals surface area contributed by atoms with Gasteiger partial charge < -0.3 is 4.74 Å². The van der Waals surface area contributed by atoms with Crippen molar-refractivity contribution in [2.24, 2.45) is 0 Å². The zero-order valence-corrected chi connectivity index (χ0v) is 7.16. The van der Waals surface area contributed by atoms with E-state index < -0.39 is 0 Å². The van der Waals surface area contributed by atoms with Crippen LogP contribution >= 0.6 is 0 Å². The minimum absolute atomic E-state index is 0.186. The van der Waals surface area contributed by atoms with Gasteiger partial charge in [0.1, 0.15) is 6.10 Å². The molecule has 0 saturated carbocycles. The highest BCUT2D eigenvalue weighted by Gasteiger charge is 2.14. The van der Waals surface area contributed by atoms with Gasteiger partial charge in [-0.1, -0.05) is 36.4 Å². The maximum Gasteiger partial charge on any atom is 0.101 e. The van der Waals surface area contributed by atoms with E-state index in [1.54, 1.807) is 0 Å². The predicted octanol–water partition coefficient (Wildman–Crippen LogP) is 2.70. The van der Waals surface area contributed by atoms with E-state index in [2.05, 4.69) is 25.1 Å². The molecular formula is C11H12O. The summed E-state index contributed by atoms with van der Waals surface area (Å²) < 4.78 is 5.56. The van der Waals surface area contributed by atoms with Crippen molar-refractivity contribution in [3.8, 4) is 0 Å². The van der Waals surface area contributed by atoms with Gasteiger partial charge in [-0.25, -0.2) is 0 Å². The third-order valence-electron chi connectivity index (χ3n) is 2.05. The van der Waals surface area contributed by atoms with Crippen LogP contribution in [0.5, 0.6) is 0 Å². The molecule has 1 aliphatic heterocycles. The normalized spacial score (nSPS) is 22.4. The Morgan fingerprint density at radius 3 is 2.58 bits per heavy atom. The van der Waals surface area contributed by atoms with E-state index in [0.29, 0.717) is 0 Å². The lowest BCUT2D eigenvalue weighted by Gasteiger charge is -2.06. The van der Waals surface area contributed by atoms with Crippen LogP contribution in [0.4, 0.5) is 0 Å². The van der Waals surface area contributed by atoms with Crippen molar-refractivity contribution in [3.63, 3.8) is 0 Å². The molecule has 1 nitrogen and oxygen atoms in total. The molecule has 1 aliphatic rings. The van der Waals surface area contributed by atoms with Crippen molar-refractivity contribution < 1.29 is 4.74 Å². The maximum atomic E-state index is 5.56. The van der Waals surface area contributed by atoms with Gasteiger partial charge in [0.15, 0.2) is 0 Å². The molecule has 1 unspecified atom stereocenters. The van der Waals surface area contributed by atoms with Gasteiger partial charge in [0.2, 0.25) is 0 Å². The van der Waals surface area contributed by atoms with Gasteiger partial charge in [0.05, 0.1) is 6.61 Å². The highest BCUT2D eigenvalue weighted by molar-refractivity contribution is 5.25. The van der Waals surface area contributed by atoms with Crippen LogP contribution in [-0.2, 0) is 4.74 Å². The van der Waals surface area contributed by atoms with Crippen LogP contribution in [0.1, 0.15) is 18.6 Å². The first-order valence-electron chi connectivity index (χ1n) is 4.20. The smallest absolute Gasteiger partial charge is 0.101 e. The molecule has 0 N–H and O–H groups in total. The second-order valence-corrected chi connectivity index (χ2v) is 3.16. The number of benzene rings is 1. The molecule has 0 spiro atoms. The van der Waals surface area contributed by atoms with E-state index in [1.807, 2.05) is 18.2 Å². The summed E-state index contributed by atoms with van der Waals surface area (Å²) in [5.74, 6) is 0. The minimum atomic E-state index is 0.186. The summed E-state index contributed by atoms with van der Waals surface area (Å²) in [6, 6.07) is 10.3. The van der Waals surface area contributed by atoms with Gasteiger partial charge in [-0.3, -0.25) is 0 Å². The largest absolute Gasteiger partial charge is 0.365 e. The molecule has 0 aromatic heterocycles. The molecule has 1 heteroatoms. The van der Waals surface area contributed by atoms with Crippen LogP contribution in [0.25, 0.3) is 0 Å².